The van der Waals surface area contributed by atoms with Crippen molar-refractivity contribution < 1.29 is 9.18 Å². The van der Waals surface area contributed by atoms with E-state index in [4.69, 9.17) is 0 Å². The average molecular weight is 406 g/mol. The minimum absolute atomic E-state index is 0.172. The van der Waals surface area contributed by atoms with Crippen molar-refractivity contribution in [2.45, 2.75) is 13.3 Å². The van der Waals surface area contributed by atoms with Gasteiger partial charge in [-0.15, -0.1) is 5.10 Å². The van der Waals surface area contributed by atoms with Crippen LogP contribution in [0.1, 0.15) is 22.3 Å². The Labute approximate surface area is 174 Å². The van der Waals surface area contributed by atoms with Gasteiger partial charge in [0, 0.05) is 37.8 Å². The highest BCUT2D eigenvalue weighted by Gasteiger charge is 2.21. The molecule has 0 saturated carbocycles. The number of halogens is 1. The average Bonchev–Trinajstić information content (AvgIpc) is 3.01. The number of rotatable bonds is 3. The van der Waals surface area contributed by atoms with Gasteiger partial charge in [-0.25, -0.2) is 4.39 Å². The second kappa shape index (κ2) is 8.49. The maximum absolute atomic E-state index is 13.5. The Morgan fingerprint density at radius 3 is 2.53 bits per heavy atom. The molecule has 154 valence electrons. The number of nitrogens with zero attached hydrogens (tertiary/aromatic N) is 4. The minimum atomic E-state index is -0.417. The molecule has 1 aromatic heterocycles. The first-order valence-electron chi connectivity index (χ1n) is 9.98. The largest absolute Gasteiger partial charge is 0.353 e. The molecule has 0 radical (unpaired) electrons. The van der Waals surface area contributed by atoms with Crippen LogP contribution in [0, 0.1) is 12.7 Å². The molecule has 0 bridgehead atoms. The summed E-state index contributed by atoms with van der Waals surface area (Å²) in [7, 11) is 0. The number of carbonyl (C=O) groups is 1. The summed E-state index contributed by atoms with van der Waals surface area (Å²) in [6, 6.07) is 16.6. The lowest BCUT2D eigenvalue weighted by molar-refractivity contribution is 0.0766. The van der Waals surface area contributed by atoms with Crippen molar-refractivity contribution in [2.24, 2.45) is 0 Å². The molecule has 0 N–H and O–H groups in total. The third kappa shape index (κ3) is 4.25. The highest BCUT2D eigenvalue weighted by atomic mass is 19.1. The molecule has 1 aliphatic heterocycles. The van der Waals surface area contributed by atoms with E-state index < -0.39 is 5.82 Å². The molecule has 3 aromatic rings. The first kappa shape index (κ1) is 19.8. The predicted molar refractivity (Wildman–Crippen MR) is 114 cm³/mol. The minimum Gasteiger partial charge on any atom is -0.353 e. The van der Waals surface area contributed by atoms with E-state index in [0.717, 1.165) is 12.0 Å². The van der Waals surface area contributed by atoms with E-state index in [1.165, 1.54) is 22.9 Å². The SMILES string of the molecule is Cc1ccc(-n2nc(N3CCCN(C(=O)c4cccc(F)c4)CC3)ccc2=O)cc1. The molecule has 0 unspecified atom stereocenters. The Morgan fingerprint density at radius 2 is 1.77 bits per heavy atom. The Balaban J connectivity index is 1.52. The summed E-state index contributed by atoms with van der Waals surface area (Å²) in [4.78, 5) is 28.9. The smallest absolute Gasteiger partial charge is 0.271 e. The summed E-state index contributed by atoms with van der Waals surface area (Å²) in [5.41, 5.74) is 1.98. The number of hydrogen-bond acceptors (Lipinski definition) is 4. The van der Waals surface area contributed by atoms with Crippen molar-refractivity contribution >= 4 is 11.7 Å². The quantitative estimate of drug-likeness (QED) is 0.671. The van der Waals surface area contributed by atoms with E-state index in [1.54, 1.807) is 23.1 Å². The van der Waals surface area contributed by atoms with E-state index in [0.29, 0.717) is 43.2 Å². The van der Waals surface area contributed by atoms with Gasteiger partial charge in [0.15, 0.2) is 0 Å². The van der Waals surface area contributed by atoms with E-state index in [2.05, 4.69) is 10.00 Å². The monoisotopic (exact) mass is 406 g/mol. The highest BCUT2D eigenvalue weighted by molar-refractivity contribution is 5.94. The summed E-state index contributed by atoms with van der Waals surface area (Å²) >= 11 is 0. The molecule has 1 amide bonds. The lowest BCUT2D eigenvalue weighted by Crippen LogP contribution is -2.36. The molecule has 2 heterocycles. The molecule has 7 heteroatoms. The third-order valence-electron chi connectivity index (χ3n) is 5.24. The fraction of sp³-hybridized carbons (Fsp3) is 0.261. The highest BCUT2D eigenvalue weighted by Crippen LogP contribution is 2.16. The van der Waals surface area contributed by atoms with E-state index >= 15 is 0 Å². The molecule has 30 heavy (non-hydrogen) atoms. The first-order chi connectivity index (χ1) is 14.5. The molecule has 1 fully saturated rings. The van der Waals surface area contributed by atoms with Crippen LogP contribution in [0.4, 0.5) is 10.2 Å². The van der Waals surface area contributed by atoms with Crippen LogP contribution in [0.3, 0.4) is 0 Å². The van der Waals surface area contributed by atoms with Crippen LogP contribution in [-0.4, -0.2) is 46.8 Å². The van der Waals surface area contributed by atoms with Gasteiger partial charge in [-0.1, -0.05) is 23.8 Å². The van der Waals surface area contributed by atoms with Gasteiger partial charge in [0.25, 0.3) is 11.5 Å². The zero-order valence-electron chi connectivity index (χ0n) is 16.8. The van der Waals surface area contributed by atoms with Crippen LogP contribution >= 0.6 is 0 Å². The molecule has 0 atom stereocenters. The summed E-state index contributed by atoms with van der Waals surface area (Å²) in [5, 5.41) is 4.55. The lowest BCUT2D eigenvalue weighted by atomic mass is 10.2. The van der Waals surface area contributed by atoms with Crippen molar-refractivity contribution in [1.82, 2.24) is 14.7 Å². The molecule has 4 rings (SSSR count). The maximum atomic E-state index is 13.5. The number of aryl methyl sites for hydroxylation is 1. The fourth-order valence-corrected chi connectivity index (χ4v) is 3.59. The lowest BCUT2D eigenvalue weighted by Gasteiger charge is -2.23. The molecule has 0 spiro atoms. The molecule has 1 aliphatic rings. The van der Waals surface area contributed by atoms with E-state index in [-0.39, 0.29) is 11.5 Å². The summed E-state index contributed by atoms with van der Waals surface area (Å²) in [6.07, 6.45) is 0.756. The Hall–Kier alpha value is -3.48. The van der Waals surface area contributed by atoms with Gasteiger partial charge in [0.2, 0.25) is 0 Å². The molecule has 1 saturated heterocycles. The Bertz CT molecular complexity index is 1110. The van der Waals surface area contributed by atoms with Gasteiger partial charge in [0.05, 0.1) is 5.69 Å². The van der Waals surface area contributed by atoms with E-state index in [1.807, 2.05) is 31.2 Å². The molecule has 0 aliphatic carbocycles. The van der Waals surface area contributed by atoms with Crippen molar-refractivity contribution in [3.8, 4) is 5.69 Å². The zero-order valence-corrected chi connectivity index (χ0v) is 16.8. The van der Waals surface area contributed by atoms with Crippen LogP contribution in [0.5, 0.6) is 0 Å². The van der Waals surface area contributed by atoms with Gasteiger partial charge < -0.3 is 9.80 Å². The van der Waals surface area contributed by atoms with Crippen molar-refractivity contribution in [2.75, 3.05) is 31.1 Å². The summed E-state index contributed by atoms with van der Waals surface area (Å²) < 4.78 is 14.9. The van der Waals surface area contributed by atoms with E-state index in [9.17, 15) is 14.0 Å². The summed E-state index contributed by atoms with van der Waals surface area (Å²) in [5.74, 6) is 0.101. The van der Waals surface area contributed by atoms with Gasteiger partial charge in [-0.3, -0.25) is 9.59 Å². The van der Waals surface area contributed by atoms with Crippen molar-refractivity contribution in [3.63, 3.8) is 0 Å². The van der Waals surface area contributed by atoms with Crippen molar-refractivity contribution in [1.29, 1.82) is 0 Å². The topological polar surface area (TPSA) is 58.4 Å². The van der Waals surface area contributed by atoms with Crippen molar-refractivity contribution in [3.05, 3.63) is 88.0 Å². The second-order valence-corrected chi connectivity index (χ2v) is 7.42. The van der Waals surface area contributed by atoms with Crippen LogP contribution in [0.2, 0.25) is 0 Å². The number of aromatic nitrogens is 2. The van der Waals surface area contributed by atoms with Gasteiger partial charge in [0.1, 0.15) is 11.6 Å². The zero-order chi connectivity index (χ0) is 21.1. The fourth-order valence-electron chi connectivity index (χ4n) is 3.59. The van der Waals surface area contributed by atoms with Crippen LogP contribution < -0.4 is 10.5 Å². The van der Waals surface area contributed by atoms with Crippen LogP contribution in [-0.2, 0) is 0 Å². The Kier molecular flexibility index (Phi) is 5.61. The van der Waals surface area contributed by atoms with Crippen LogP contribution in [0.15, 0.2) is 65.5 Å². The number of carbonyl (C=O) groups excluding carboxylic acids is 1. The maximum Gasteiger partial charge on any atom is 0.271 e. The Morgan fingerprint density at radius 1 is 0.967 bits per heavy atom. The molecule has 6 nitrogen and oxygen atoms in total. The summed E-state index contributed by atoms with van der Waals surface area (Å²) in [6.45, 7) is 4.38. The molecular weight excluding hydrogens is 383 g/mol. The standard InChI is InChI=1S/C23H23FN4O2/c1-17-6-8-20(9-7-17)28-22(29)11-10-21(25-28)26-12-3-13-27(15-14-26)23(30)18-4-2-5-19(24)16-18/h2,4-11,16H,3,12-15H2,1H3. The molecular formula is C23H23FN4O2. The third-order valence-corrected chi connectivity index (χ3v) is 5.24. The van der Waals surface area contributed by atoms with Gasteiger partial charge in [-0.2, -0.15) is 4.68 Å². The number of anilines is 1. The van der Waals surface area contributed by atoms with Crippen LogP contribution in [0.25, 0.3) is 5.69 Å². The predicted octanol–water partition coefficient (Wildman–Crippen LogP) is 3.03. The normalized spacial score (nSPS) is 14.5. The van der Waals surface area contributed by atoms with Gasteiger partial charge >= 0.3 is 0 Å². The number of amides is 1. The molecule has 2 aromatic carbocycles. The second-order valence-electron chi connectivity index (χ2n) is 7.42. The van der Waals surface area contributed by atoms with Gasteiger partial charge in [-0.05, 0) is 49.7 Å². The first-order valence-corrected chi connectivity index (χ1v) is 9.98. The number of hydrogen-bond donors (Lipinski definition) is 0. The number of benzene rings is 2.